The zero-order valence-electron chi connectivity index (χ0n) is 40.5. The van der Waals surface area contributed by atoms with E-state index in [1.807, 2.05) is 0 Å². The van der Waals surface area contributed by atoms with Crippen molar-refractivity contribution < 1.29 is 58.3 Å². The summed E-state index contributed by atoms with van der Waals surface area (Å²) in [4.78, 5) is 23.2. The predicted molar refractivity (Wildman–Crippen MR) is 262 cm³/mol. The average Bonchev–Trinajstić information content (AvgIpc) is 3.29. The summed E-state index contributed by atoms with van der Waals surface area (Å²) in [5.41, 5.74) is 0. The number of phosphoric ester groups is 1. The van der Waals surface area contributed by atoms with Crippen LogP contribution in [0.4, 0.5) is 0 Å². The third-order valence-electron chi connectivity index (χ3n) is 11.7. The molecular weight excluding hydrogens is 848 g/mol. The van der Waals surface area contributed by atoms with E-state index in [0.717, 1.165) is 70.6 Å². The van der Waals surface area contributed by atoms with E-state index in [0.29, 0.717) is 13.0 Å². The molecule has 0 amide bonds. The van der Waals surface area contributed by atoms with Crippen LogP contribution in [0.3, 0.4) is 0 Å². The molecule has 378 valence electrons. The zero-order chi connectivity index (χ0) is 47.6. The van der Waals surface area contributed by atoms with Crippen LogP contribution in [0, 0.1) is 0 Å². The SMILES string of the molecule is CC/C=C\C/C=C\C/C=C\C/C=C\C/C=C\CCCCOCC(COP(=O)(O)OC1C(O)C(O)C(O)C(O)C1O)OC(=O)CCCCCCCCCCCCCCCCCCCCCC. The van der Waals surface area contributed by atoms with Crippen LogP contribution in [0.15, 0.2) is 60.8 Å². The van der Waals surface area contributed by atoms with Gasteiger partial charge in [-0.1, -0.05) is 197 Å². The number of hydrogen-bond donors (Lipinski definition) is 6. The van der Waals surface area contributed by atoms with E-state index in [-0.39, 0.29) is 13.0 Å². The van der Waals surface area contributed by atoms with Gasteiger partial charge in [-0.2, -0.15) is 0 Å². The number of esters is 1. The zero-order valence-corrected chi connectivity index (χ0v) is 41.4. The van der Waals surface area contributed by atoms with Crippen molar-refractivity contribution in [2.75, 3.05) is 19.8 Å². The van der Waals surface area contributed by atoms with E-state index in [1.54, 1.807) is 0 Å². The van der Waals surface area contributed by atoms with Crippen molar-refractivity contribution in [1.29, 1.82) is 0 Å². The summed E-state index contributed by atoms with van der Waals surface area (Å²) in [5.74, 6) is -0.491. The van der Waals surface area contributed by atoms with Crippen LogP contribution in [0.1, 0.15) is 200 Å². The summed E-state index contributed by atoms with van der Waals surface area (Å²) in [6.45, 7) is 4.07. The van der Waals surface area contributed by atoms with Gasteiger partial charge >= 0.3 is 13.8 Å². The van der Waals surface area contributed by atoms with Crippen LogP contribution in [0.5, 0.6) is 0 Å². The van der Waals surface area contributed by atoms with Crippen LogP contribution in [-0.2, 0) is 27.9 Å². The molecule has 0 aromatic rings. The van der Waals surface area contributed by atoms with Crippen molar-refractivity contribution in [3.8, 4) is 0 Å². The largest absolute Gasteiger partial charge is 0.472 e. The molecule has 6 unspecified atom stereocenters. The summed E-state index contributed by atoms with van der Waals surface area (Å²) in [6, 6.07) is 0. The van der Waals surface area contributed by atoms with Gasteiger partial charge in [0.2, 0.25) is 0 Å². The molecule has 0 spiro atoms. The lowest BCUT2D eigenvalue weighted by molar-refractivity contribution is -0.220. The minimum Gasteiger partial charge on any atom is -0.457 e. The number of phosphoric acid groups is 1. The number of ether oxygens (including phenoxy) is 2. The maximum absolute atomic E-state index is 12.8. The summed E-state index contributed by atoms with van der Waals surface area (Å²) in [5, 5.41) is 50.3. The molecule has 0 aromatic heterocycles. The Morgan fingerprint density at radius 3 is 1.35 bits per heavy atom. The number of carbonyl (C=O) groups is 1. The van der Waals surface area contributed by atoms with Crippen molar-refractivity contribution in [3.63, 3.8) is 0 Å². The second-order valence-electron chi connectivity index (χ2n) is 17.6. The quantitative estimate of drug-likeness (QED) is 0.0147. The van der Waals surface area contributed by atoms with Crippen LogP contribution in [0.25, 0.3) is 0 Å². The third-order valence-corrected chi connectivity index (χ3v) is 12.6. The second kappa shape index (κ2) is 42.2. The molecule has 12 nitrogen and oxygen atoms in total. The van der Waals surface area contributed by atoms with Crippen LogP contribution in [0.2, 0.25) is 0 Å². The van der Waals surface area contributed by atoms with Crippen molar-refractivity contribution in [2.24, 2.45) is 0 Å². The molecular formula is C52H93O12P. The van der Waals surface area contributed by atoms with Gasteiger partial charge in [0.15, 0.2) is 0 Å². The van der Waals surface area contributed by atoms with Crippen molar-refractivity contribution in [1.82, 2.24) is 0 Å². The molecule has 1 aliphatic rings. The molecule has 13 heteroatoms. The number of carbonyl (C=O) groups excluding carboxylic acids is 1. The maximum Gasteiger partial charge on any atom is 0.472 e. The molecule has 1 aliphatic carbocycles. The highest BCUT2D eigenvalue weighted by molar-refractivity contribution is 7.47. The molecule has 0 heterocycles. The maximum atomic E-state index is 12.8. The Kier molecular flexibility index (Phi) is 39.6. The smallest absolute Gasteiger partial charge is 0.457 e. The van der Waals surface area contributed by atoms with E-state index in [9.17, 15) is 39.8 Å². The normalized spacial score (nSPS) is 22.0. The van der Waals surface area contributed by atoms with E-state index >= 15 is 0 Å². The molecule has 65 heavy (non-hydrogen) atoms. The van der Waals surface area contributed by atoms with Gasteiger partial charge in [0, 0.05) is 13.0 Å². The Labute approximate surface area is 394 Å². The highest BCUT2D eigenvalue weighted by Gasteiger charge is 2.51. The third kappa shape index (κ3) is 34.1. The number of rotatable bonds is 43. The Morgan fingerprint density at radius 2 is 0.908 bits per heavy atom. The predicted octanol–water partition coefficient (Wildman–Crippen LogP) is 11.4. The fourth-order valence-electron chi connectivity index (χ4n) is 7.62. The van der Waals surface area contributed by atoms with Gasteiger partial charge in [0.05, 0.1) is 13.2 Å². The van der Waals surface area contributed by atoms with Gasteiger partial charge < -0.3 is 39.9 Å². The molecule has 0 aliphatic heterocycles. The standard InChI is InChI=1S/C52H93O12P/c1-3-5-7-9-11-13-15-17-19-21-23-24-25-27-29-31-33-35-37-39-41-46(53)63-45(44-62-65(59,60)64-52-50(57)48(55)47(54)49(56)51(52)58)43-61-42-40-38-36-34-32-30-28-26-22-20-18-16-14-12-10-8-6-4-2/h6,8,12,14,18,20,26,28,32,34,45,47-52,54-58H,3-5,7,9-11,13,15-17,19,21-25,27,29-31,33,35-44H2,1-2H3,(H,59,60)/b8-6-,14-12-,20-18-,28-26-,34-32-. The van der Waals surface area contributed by atoms with Gasteiger partial charge in [-0.05, 0) is 57.8 Å². The van der Waals surface area contributed by atoms with Gasteiger partial charge in [-0.25, -0.2) is 4.57 Å². The number of hydrogen-bond acceptors (Lipinski definition) is 11. The minimum absolute atomic E-state index is 0.106. The molecule has 0 radical (unpaired) electrons. The first kappa shape index (κ1) is 61.1. The molecule has 0 saturated heterocycles. The summed E-state index contributed by atoms with van der Waals surface area (Å²) in [6.07, 6.45) is 41.5. The first-order chi connectivity index (χ1) is 31.5. The Balaban J connectivity index is 2.37. The molecule has 6 N–H and O–H groups in total. The Bertz CT molecular complexity index is 1300. The first-order valence-electron chi connectivity index (χ1n) is 25.6. The van der Waals surface area contributed by atoms with E-state index < -0.39 is 63.1 Å². The summed E-state index contributed by atoms with van der Waals surface area (Å²) >= 11 is 0. The van der Waals surface area contributed by atoms with E-state index in [4.69, 9.17) is 18.5 Å². The van der Waals surface area contributed by atoms with Gasteiger partial charge in [0.1, 0.15) is 42.7 Å². The van der Waals surface area contributed by atoms with Crippen LogP contribution >= 0.6 is 7.82 Å². The van der Waals surface area contributed by atoms with Crippen LogP contribution < -0.4 is 0 Å². The van der Waals surface area contributed by atoms with Gasteiger partial charge in [-0.3, -0.25) is 13.8 Å². The second-order valence-corrected chi connectivity index (χ2v) is 19.1. The topological polar surface area (TPSA) is 192 Å². The fourth-order valence-corrected chi connectivity index (χ4v) is 8.59. The molecule has 6 atom stereocenters. The number of aliphatic hydroxyl groups excluding tert-OH is 5. The Hall–Kier alpha value is -1.96. The summed E-state index contributed by atoms with van der Waals surface area (Å²) < 4.78 is 34.2. The molecule has 1 saturated carbocycles. The molecule has 0 bridgehead atoms. The van der Waals surface area contributed by atoms with Crippen molar-refractivity contribution >= 4 is 13.8 Å². The highest BCUT2D eigenvalue weighted by Crippen LogP contribution is 2.47. The number of unbranched alkanes of at least 4 members (excludes halogenated alkanes) is 21. The lowest BCUT2D eigenvalue weighted by atomic mass is 9.85. The Morgan fingerprint density at radius 1 is 0.508 bits per heavy atom. The minimum atomic E-state index is -5.04. The molecule has 1 rings (SSSR count). The van der Waals surface area contributed by atoms with Gasteiger partial charge in [-0.15, -0.1) is 0 Å². The summed E-state index contributed by atoms with van der Waals surface area (Å²) in [7, 11) is -5.04. The monoisotopic (exact) mass is 941 g/mol. The lowest BCUT2D eigenvalue weighted by Crippen LogP contribution is -2.64. The van der Waals surface area contributed by atoms with Crippen molar-refractivity contribution in [2.45, 2.75) is 243 Å². The first-order valence-corrected chi connectivity index (χ1v) is 27.1. The van der Waals surface area contributed by atoms with E-state index in [2.05, 4.69) is 74.6 Å². The van der Waals surface area contributed by atoms with Gasteiger partial charge in [0.25, 0.3) is 0 Å². The fraction of sp³-hybridized carbons (Fsp3) is 0.788. The average molecular weight is 941 g/mol. The highest BCUT2D eigenvalue weighted by atomic mass is 31.2. The van der Waals surface area contributed by atoms with Crippen LogP contribution in [-0.4, -0.2) is 98.9 Å². The van der Waals surface area contributed by atoms with Crippen molar-refractivity contribution in [3.05, 3.63) is 60.8 Å². The number of allylic oxidation sites excluding steroid dienone is 10. The number of aliphatic hydroxyl groups is 5. The lowest BCUT2D eigenvalue weighted by Gasteiger charge is -2.41. The molecule has 1 fully saturated rings. The molecule has 0 aromatic carbocycles. The van der Waals surface area contributed by atoms with E-state index in [1.165, 1.54) is 103 Å².